The molecule has 0 bridgehead atoms. The van der Waals surface area contributed by atoms with Crippen molar-refractivity contribution in [2.24, 2.45) is 22.7 Å². The van der Waals surface area contributed by atoms with Crippen molar-refractivity contribution in [1.29, 1.82) is 0 Å². The van der Waals surface area contributed by atoms with Gasteiger partial charge in [0.25, 0.3) is 0 Å². The van der Waals surface area contributed by atoms with Crippen molar-refractivity contribution in [3.63, 3.8) is 0 Å². The van der Waals surface area contributed by atoms with E-state index in [-0.39, 0.29) is 0 Å². The second-order valence-corrected chi connectivity index (χ2v) is 6.63. The van der Waals surface area contributed by atoms with Gasteiger partial charge in [-0.2, -0.15) is 0 Å². The number of benzene rings is 1. The van der Waals surface area contributed by atoms with E-state index in [2.05, 4.69) is 33.1 Å². The molecule has 2 unspecified atom stereocenters. The monoisotopic (exact) mass is 341 g/mol. The van der Waals surface area contributed by atoms with Crippen molar-refractivity contribution < 1.29 is 4.79 Å². The molecule has 1 saturated heterocycles. The summed E-state index contributed by atoms with van der Waals surface area (Å²) in [5.41, 5.74) is 2.07. The Morgan fingerprint density at radius 2 is 2.04 bits per heavy atom. The van der Waals surface area contributed by atoms with Gasteiger partial charge in [-0.25, -0.2) is 0 Å². The first-order valence-electron chi connectivity index (χ1n) is 8.83. The zero-order valence-electron chi connectivity index (χ0n) is 14.9. The van der Waals surface area contributed by atoms with Crippen LogP contribution in [0.15, 0.2) is 41.5 Å². The molecule has 0 radical (unpaired) electrons. The number of carbonyl (C=O) groups is 1. The Balaban J connectivity index is 1.49. The van der Waals surface area contributed by atoms with Crippen molar-refractivity contribution in [2.75, 3.05) is 38.6 Å². The minimum atomic E-state index is 0.715. The average molecular weight is 341 g/mol. The normalized spacial score (nSPS) is 25.0. The lowest BCUT2D eigenvalue weighted by Gasteiger charge is -2.13. The number of hydrogen-bond acceptors (Lipinski definition) is 4. The maximum absolute atomic E-state index is 11.3. The topological polar surface area (TPSA) is 68.8 Å². The van der Waals surface area contributed by atoms with E-state index < -0.39 is 0 Å². The second kappa shape index (κ2) is 8.27. The Labute approximate surface area is 149 Å². The summed E-state index contributed by atoms with van der Waals surface area (Å²) in [7, 11) is 3.50. The summed E-state index contributed by atoms with van der Waals surface area (Å²) in [5, 5.41) is 9.94. The van der Waals surface area contributed by atoms with Crippen molar-refractivity contribution in [3.8, 4) is 0 Å². The van der Waals surface area contributed by atoms with Gasteiger partial charge in [0.15, 0.2) is 0 Å². The zero-order chi connectivity index (χ0) is 17.6. The summed E-state index contributed by atoms with van der Waals surface area (Å²) >= 11 is 0. The van der Waals surface area contributed by atoms with Crippen LogP contribution < -0.4 is 20.9 Å². The molecule has 1 aromatic carbocycles. The Morgan fingerprint density at radius 3 is 2.64 bits per heavy atom. The highest BCUT2D eigenvalue weighted by Gasteiger charge is 2.51. The van der Waals surface area contributed by atoms with Gasteiger partial charge in [-0.1, -0.05) is 12.1 Å². The predicted octanol–water partition coefficient (Wildman–Crippen LogP) is 0.966. The molecule has 0 aromatic heterocycles. The molecule has 6 nitrogen and oxygen atoms in total. The third-order valence-corrected chi connectivity index (χ3v) is 5.22. The molecule has 3 N–H and O–H groups in total. The minimum absolute atomic E-state index is 0.715. The SMILES string of the molecule is C/N=C(\C=C/N(C=O)c1ccc(CNCC2C3CNCC23)cc1)NC. The van der Waals surface area contributed by atoms with Crippen molar-refractivity contribution >= 4 is 17.9 Å². The number of amides is 1. The van der Waals surface area contributed by atoms with Gasteiger partial charge in [-0.3, -0.25) is 14.7 Å². The van der Waals surface area contributed by atoms with Gasteiger partial charge < -0.3 is 16.0 Å². The number of amidine groups is 1. The van der Waals surface area contributed by atoms with E-state index in [0.717, 1.165) is 42.9 Å². The van der Waals surface area contributed by atoms with E-state index in [9.17, 15) is 4.79 Å². The number of aliphatic imine (C=N–C) groups is 1. The Bertz CT molecular complexity index is 630. The number of anilines is 1. The van der Waals surface area contributed by atoms with E-state index in [0.29, 0.717) is 5.84 Å². The molecular weight excluding hydrogens is 314 g/mol. The van der Waals surface area contributed by atoms with Gasteiger partial charge in [-0.05, 0) is 61.2 Å². The molecule has 1 aromatic rings. The van der Waals surface area contributed by atoms with Gasteiger partial charge in [-0.15, -0.1) is 0 Å². The van der Waals surface area contributed by atoms with Crippen LogP contribution in [0.25, 0.3) is 0 Å². The van der Waals surface area contributed by atoms with Gasteiger partial charge in [0.1, 0.15) is 5.84 Å². The molecule has 2 fully saturated rings. The summed E-state index contributed by atoms with van der Waals surface area (Å²) in [6.07, 6.45) is 4.27. The fourth-order valence-electron chi connectivity index (χ4n) is 3.62. The highest BCUT2D eigenvalue weighted by molar-refractivity contribution is 5.94. The summed E-state index contributed by atoms with van der Waals surface area (Å²) < 4.78 is 0. The van der Waals surface area contributed by atoms with E-state index in [1.54, 1.807) is 26.4 Å². The number of nitrogens with zero attached hydrogens (tertiary/aromatic N) is 2. The number of rotatable bonds is 8. The summed E-state index contributed by atoms with van der Waals surface area (Å²) in [6.45, 7) is 4.36. The van der Waals surface area contributed by atoms with E-state index in [1.165, 1.54) is 23.6 Å². The van der Waals surface area contributed by atoms with Crippen LogP contribution in [-0.2, 0) is 11.3 Å². The molecule has 134 valence electrons. The number of piperidine rings is 1. The van der Waals surface area contributed by atoms with E-state index in [1.807, 2.05) is 12.1 Å². The fourth-order valence-corrected chi connectivity index (χ4v) is 3.62. The quantitative estimate of drug-likeness (QED) is 0.374. The summed E-state index contributed by atoms with van der Waals surface area (Å²) in [5.74, 6) is 3.37. The number of likely N-dealkylation sites (N-methyl/N-ethyl adjacent to an activating group) is 1. The third kappa shape index (κ3) is 4.27. The van der Waals surface area contributed by atoms with Crippen molar-refractivity contribution in [3.05, 3.63) is 42.1 Å². The largest absolute Gasteiger partial charge is 0.373 e. The lowest BCUT2D eigenvalue weighted by Crippen LogP contribution is -2.23. The molecule has 1 amide bonds. The highest BCUT2D eigenvalue weighted by atomic mass is 16.1. The predicted molar refractivity (Wildman–Crippen MR) is 102 cm³/mol. The van der Waals surface area contributed by atoms with Gasteiger partial charge >= 0.3 is 0 Å². The molecule has 1 saturated carbocycles. The van der Waals surface area contributed by atoms with Gasteiger partial charge in [0, 0.05) is 32.5 Å². The molecular formula is C19H27N5O. The molecule has 2 atom stereocenters. The maximum atomic E-state index is 11.3. The Kier molecular flexibility index (Phi) is 5.83. The molecule has 2 aliphatic rings. The first-order valence-corrected chi connectivity index (χ1v) is 8.83. The van der Waals surface area contributed by atoms with E-state index in [4.69, 9.17) is 0 Å². The minimum Gasteiger partial charge on any atom is -0.373 e. The number of fused-ring (bicyclic) bond motifs is 1. The van der Waals surface area contributed by atoms with Gasteiger partial charge in [0.05, 0.1) is 0 Å². The van der Waals surface area contributed by atoms with Crippen LogP contribution in [0.1, 0.15) is 5.56 Å². The first kappa shape index (κ1) is 17.6. The molecule has 1 aliphatic carbocycles. The lowest BCUT2D eigenvalue weighted by atomic mass is 10.2. The van der Waals surface area contributed by atoms with Crippen LogP contribution in [0.4, 0.5) is 5.69 Å². The van der Waals surface area contributed by atoms with Crippen LogP contribution in [0, 0.1) is 17.8 Å². The average Bonchev–Trinajstić information content (AvgIpc) is 3.07. The zero-order valence-corrected chi connectivity index (χ0v) is 14.9. The smallest absolute Gasteiger partial charge is 0.218 e. The lowest BCUT2D eigenvalue weighted by molar-refractivity contribution is -0.106. The summed E-state index contributed by atoms with van der Waals surface area (Å²) in [4.78, 5) is 16.9. The molecule has 3 rings (SSSR count). The highest BCUT2D eigenvalue weighted by Crippen LogP contribution is 2.47. The van der Waals surface area contributed by atoms with Crippen LogP contribution >= 0.6 is 0 Å². The van der Waals surface area contributed by atoms with Crippen molar-refractivity contribution in [2.45, 2.75) is 6.54 Å². The van der Waals surface area contributed by atoms with Crippen molar-refractivity contribution in [1.82, 2.24) is 16.0 Å². The Hall–Kier alpha value is -2.18. The fraction of sp³-hybridized carbons (Fsp3) is 0.474. The van der Waals surface area contributed by atoms with Crippen LogP contribution in [0.2, 0.25) is 0 Å². The first-order chi connectivity index (χ1) is 12.3. The van der Waals surface area contributed by atoms with Gasteiger partial charge in [0.2, 0.25) is 6.41 Å². The number of nitrogens with one attached hydrogen (secondary N) is 3. The summed E-state index contributed by atoms with van der Waals surface area (Å²) in [6, 6.07) is 8.06. The van der Waals surface area contributed by atoms with E-state index >= 15 is 0 Å². The Morgan fingerprint density at radius 1 is 1.32 bits per heavy atom. The molecule has 1 aliphatic heterocycles. The molecule has 6 heteroatoms. The molecule has 1 heterocycles. The standard InChI is InChI=1S/C19H27N5O/c1-20-19(21-2)7-8-24(13-25)15-5-3-14(4-6-15)9-22-10-16-17-11-23-12-18(16)17/h3-8,13,16-18,22-23H,9-12H2,1-2H3,(H,20,21)/b8-7-. The number of carbonyl (C=O) groups excluding carboxylic acids is 1. The molecule has 25 heavy (non-hydrogen) atoms. The van der Waals surface area contributed by atoms with Crippen LogP contribution in [0.3, 0.4) is 0 Å². The maximum Gasteiger partial charge on any atom is 0.218 e. The number of hydrogen-bond donors (Lipinski definition) is 3. The third-order valence-electron chi connectivity index (χ3n) is 5.22. The van der Waals surface area contributed by atoms with Crippen LogP contribution in [-0.4, -0.2) is 46.0 Å². The molecule has 0 spiro atoms. The second-order valence-electron chi connectivity index (χ2n) is 6.63. The van der Waals surface area contributed by atoms with Crippen LogP contribution in [0.5, 0.6) is 0 Å².